The number of ether oxygens (including phenoxy) is 1. The van der Waals surface area contributed by atoms with E-state index in [-0.39, 0.29) is 0 Å². The van der Waals surface area contributed by atoms with Gasteiger partial charge in [0.15, 0.2) is 0 Å². The summed E-state index contributed by atoms with van der Waals surface area (Å²) in [4.78, 5) is 10.8. The van der Waals surface area contributed by atoms with Crippen molar-refractivity contribution in [3.05, 3.63) is 71.9 Å². The van der Waals surface area contributed by atoms with Gasteiger partial charge in [-0.1, -0.05) is 49.6 Å². The van der Waals surface area contributed by atoms with Crippen molar-refractivity contribution in [2.24, 2.45) is 0 Å². The van der Waals surface area contributed by atoms with Crippen molar-refractivity contribution < 1.29 is 14.6 Å². The van der Waals surface area contributed by atoms with Gasteiger partial charge in [-0.2, -0.15) is 5.10 Å². The summed E-state index contributed by atoms with van der Waals surface area (Å²) in [6.45, 7) is 0.523. The van der Waals surface area contributed by atoms with Crippen LogP contribution in [0, 0.1) is 11.8 Å². The summed E-state index contributed by atoms with van der Waals surface area (Å²) < 4.78 is 7.92. The molecule has 0 unspecified atom stereocenters. The van der Waals surface area contributed by atoms with Crippen molar-refractivity contribution in [2.45, 2.75) is 44.8 Å². The standard InChI is InChI=1S/C25H24N2O3/c28-25(29)16-13-21-17-24(27(26-21)22-9-5-2-6-10-22)20-11-14-23(15-12-20)30-18-19-7-3-1-4-8-19/h1,3-4,7-8,11-12,14-15,17,22H,2,5-6,9-10,18H2,(H,28,29). The maximum atomic E-state index is 10.8. The molecule has 1 aliphatic rings. The highest BCUT2D eigenvalue weighted by atomic mass is 16.5. The third-order valence-electron chi connectivity index (χ3n) is 5.35. The maximum absolute atomic E-state index is 10.8. The average molecular weight is 400 g/mol. The molecule has 1 aromatic heterocycles. The highest BCUT2D eigenvalue weighted by Crippen LogP contribution is 2.33. The van der Waals surface area contributed by atoms with Gasteiger partial charge in [0, 0.05) is 17.6 Å². The Balaban J connectivity index is 1.57. The van der Waals surface area contributed by atoms with Gasteiger partial charge < -0.3 is 9.84 Å². The number of nitrogens with zero attached hydrogens (tertiary/aromatic N) is 2. The number of hydrogen-bond donors (Lipinski definition) is 1. The molecule has 0 radical (unpaired) electrons. The van der Waals surface area contributed by atoms with E-state index in [0.29, 0.717) is 18.3 Å². The number of carboxylic acid groups (broad SMARTS) is 1. The van der Waals surface area contributed by atoms with Crippen LogP contribution < -0.4 is 4.74 Å². The molecular formula is C25H24N2O3. The van der Waals surface area contributed by atoms with Crippen molar-refractivity contribution in [3.63, 3.8) is 0 Å². The van der Waals surface area contributed by atoms with Crippen molar-refractivity contribution in [1.82, 2.24) is 9.78 Å². The monoisotopic (exact) mass is 400 g/mol. The number of carbonyl (C=O) groups is 1. The number of hydrogen-bond acceptors (Lipinski definition) is 3. The third kappa shape index (κ3) is 4.90. The van der Waals surface area contributed by atoms with Gasteiger partial charge in [0.25, 0.3) is 0 Å². The van der Waals surface area contributed by atoms with Crippen LogP contribution in [-0.4, -0.2) is 20.9 Å². The molecule has 0 amide bonds. The number of carboxylic acids is 1. The Morgan fingerprint density at radius 2 is 1.80 bits per heavy atom. The van der Waals surface area contributed by atoms with Crippen molar-refractivity contribution in [1.29, 1.82) is 0 Å². The second-order valence-corrected chi connectivity index (χ2v) is 7.51. The van der Waals surface area contributed by atoms with Crippen LogP contribution in [0.2, 0.25) is 0 Å². The molecule has 1 N–H and O–H groups in total. The highest BCUT2D eigenvalue weighted by molar-refractivity contribution is 5.87. The van der Waals surface area contributed by atoms with Crippen LogP contribution in [0.1, 0.15) is 49.4 Å². The van der Waals surface area contributed by atoms with Crippen LogP contribution in [0.15, 0.2) is 60.7 Å². The lowest BCUT2D eigenvalue weighted by Crippen LogP contribution is -2.15. The Bertz CT molecular complexity index is 1050. The first-order valence-electron chi connectivity index (χ1n) is 10.3. The molecule has 3 aromatic rings. The van der Waals surface area contributed by atoms with Crippen LogP contribution in [0.5, 0.6) is 5.75 Å². The molecule has 4 rings (SSSR count). The van der Waals surface area contributed by atoms with Crippen molar-refractivity contribution in [3.8, 4) is 28.8 Å². The van der Waals surface area contributed by atoms with Crippen molar-refractivity contribution in [2.75, 3.05) is 0 Å². The Morgan fingerprint density at radius 3 is 2.50 bits per heavy atom. The first-order chi connectivity index (χ1) is 14.7. The summed E-state index contributed by atoms with van der Waals surface area (Å²) in [6, 6.07) is 20.2. The van der Waals surface area contributed by atoms with E-state index in [9.17, 15) is 4.79 Å². The van der Waals surface area contributed by atoms with Gasteiger partial charge in [0.1, 0.15) is 18.1 Å². The summed E-state index contributed by atoms with van der Waals surface area (Å²) in [5.74, 6) is 4.48. The molecule has 0 bridgehead atoms. The fourth-order valence-electron chi connectivity index (χ4n) is 3.86. The highest BCUT2D eigenvalue weighted by Gasteiger charge is 2.20. The second kappa shape index (κ2) is 9.32. The molecule has 0 atom stereocenters. The molecule has 0 spiro atoms. The molecule has 1 fully saturated rings. The maximum Gasteiger partial charge on any atom is 0.382 e. The van der Waals surface area contributed by atoms with Gasteiger partial charge in [-0.05, 0) is 48.6 Å². The van der Waals surface area contributed by atoms with E-state index >= 15 is 0 Å². The van der Waals surface area contributed by atoms with Crippen LogP contribution in [0.3, 0.4) is 0 Å². The first-order valence-corrected chi connectivity index (χ1v) is 10.3. The van der Waals surface area contributed by atoms with Gasteiger partial charge in [0.05, 0.1) is 11.7 Å². The number of benzene rings is 2. The molecule has 1 aliphatic carbocycles. The van der Waals surface area contributed by atoms with Crippen LogP contribution in [0.25, 0.3) is 11.3 Å². The zero-order valence-corrected chi connectivity index (χ0v) is 16.8. The summed E-state index contributed by atoms with van der Waals surface area (Å²) in [6.07, 6.45) is 5.79. The minimum Gasteiger partial charge on any atom is -0.489 e. The quantitative estimate of drug-likeness (QED) is 0.607. The van der Waals surface area contributed by atoms with Gasteiger partial charge in [-0.15, -0.1) is 0 Å². The molecule has 1 heterocycles. The van der Waals surface area contributed by atoms with E-state index in [1.54, 1.807) is 0 Å². The van der Waals surface area contributed by atoms with E-state index in [1.165, 1.54) is 19.3 Å². The SMILES string of the molecule is O=C(O)C#Cc1cc(-c2ccc(OCc3ccccc3)cc2)n(C2CCCCC2)n1. The molecule has 30 heavy (non-hydrogen) atoms. The van der Waals surface area contributed by atoms with E-state index in [1.807, 2.05) is 65.3 Å². The Hall–Kier alpha value is -3.52. The predicted molar refractivity (Wildman–Crippen MR) is 115 cm³/mol. The molecule has 0 saturated heterocycles. The van der Waals surface area contributed by atoms with E-state index in [2.05, 4.69) is 16.9 Å². The fraction of sp³-hybridized carbons (Fsp3) is 0.280. The van der Waals surface area contributed by atoms with Gasteiger partial charge >= 0.3 is 5.97 Å². The number of aliphatic carboxylic acids is 1. The normalized spacial score (nSPS) is 14.0. The molecular weight excluding hydrogens is 376 g/mol. The average Bonchev–Trinajstić information content (AvgIpc) is 3.22. The summed E-state index contributed by atoms with van der Waals surface area (Å²) in [5, 5.41) is 13.5. The largest absolute Gasteiger partial charge is 0.489 e. The predicted octanol–water partition coefficient (Wildman–Crippen LogP) is 5.07. The van der Waals surface area contributed by atoms with E-state index < -0.39 is 5.97 Å². The summed E-state index contributed by atoms with van der Waals surface area (Å²) in [5.41, 5.74) is 3.59. The minimum absolute atomic E-state index is 0.322. The van der Waals surface area contributed by atoms with Gasteiger partial charge in [-0.3, -0.25) is 4.68 Å². The third-order valence-corrected chi connectivity index (χ3v) is 5.35. The molecule has 5 nitrogen and oxygen atoms in total. The Morgan fingerprint density at radius 1 is 1.07 bits per heavy atom. The summed E-state index contributed by atoms with van der Waals surface area (Å²) in [7, 11) is 0. The van der Waals surface area contributed by atoms with Gasteiger partial charge in [-0.25, -0.2) is 4.79 Å². The molecule has 5 heteroatoms. The molecule has 2 aromatic carbocycles. The minimum atomic E-state index is -1.15. The second-order valence-electron chi connectivity index (χ2n) is 7.51. The molecule has 152 valence electrons. The lowest BCUT2D eigenvalue weighted by Gasteiger charge is -2.24. The van der Waals surface area contributed by atoms with Gasteiger partial charge in [0.2, 0.25) is 0 Å². The Labute approximate surface area is 176 Å². The lowest BCUT2D eigenvalue weighted by atomic mass is 9.95. The smallest absolute Gasteiger partial charge is 0.382 e. The van der Waals surface area contributed by atoms with Crippen LogP contribution in [-0.2, 0) is 11.4 Å². The topological polar surface area (TPSA) is 64.3 Å². The summed E-state index contributed by atoms with van der Waals surface area (Å²) >= 11 is 0. The van der Waals surface area contributed by atoms with E-state index in [0.717, 1.165) is 35.4 Å². The first kappa shape index (κ1) is 19.8. The van der Waals surface area contributed by atoms with Crippen LogP contribution >= 0.6 is 0 Å². The number of rotatable bonds is 5. The van der Waals surface area contributed by atoms with Crippen molar-refractivity contribution >= 4 is 5.97 Å². The Kier molecular flexibility index (Phi) is 6.14. The number of aromatic nitrogens is 2. The lowest BCUT2D eigenvalue weighted by molar-refractivity contribution is -0.130. The van der Waals surface area contributed by atoms with Crippen LogP contribution in [0.4, 0.5) is 0 Å². The zero-order chi connectivity index (χ0) is 20.8. The zero-order valence-electron chi connectivity index (χ0n) is 16.8. The molecule has 1 saturated carbocycles. The molecule has 0 aliphatic heterocycles. The van der Waals surface area contributed by atoms with E-state index in [4.69, 9.17) is 9.84 Å². The fourth-order valence-corrected chi connectivity index (χ4v) is 3.86.